The number of nitrogens with two attached hydrogens (primary N) is 1. The number of aromatic nitrogens is 2. The second-order valence-electron chi connectivity index (χ2n) is 4.70. The fraction of sp³-hybridized carbons (Fsp3) is 0.500. The first kappa shape index (κ1) is 14.9. The molecule has 3 N–H and O–H groups in total. The summed E-state index contributed by atoms with van der Waals surface area (Å²) in [5, 5.41) is 8.86. The van der Waals surface area contributed by atoms with Gasteiger partial charge < -0.3 is 15.7 Å². The molecule has 1 aromatic heterocycles. The number of hydrogen-bond donors (Lipinski definition) is 2. The Morgan fingerprint density at radius 2 is 2.11 bits per heavy atom. The lowest BCUT2D eigenvalue weighted by Gasteiger charge is -2.23. The highest BCUT2D eigenvalue weighted by molar-refractivity contribution is 5.96. The summed E-state index contributed by atoms with van der Waals surface area (Å²) in [6, 6.07) is 0. The normalized spacial score (nSPS) is 10.5. The second kappa shape index (κ2) is 6.12. The Morgan fingerprint density at radius 3 is 2.58 bits per heavy atom. The molecule has 19 heavy (non-hydrogen) atoms. The van der Waals surface area contributed by atoms with Crippen LogP contribution >= 0.6 is 0 Å². The van der Waals surface area contributed by atoms with E-state index in [2.05, 4.69) is 9.97 Å². The molecule has 104 valence electrons. The molecule has 0 aliphatic rings. The van der Waals surface area contributed by atoms with E-state index in [4.69, 9.17) is 10.8 Å². The fourth-order valence-electron chi connectivity index (χ4n) is 1.69. The van der Waals surface area contributed by atoms with Crippen molar-refractivity contribution in [2.24, 2.45) is 5.92 Å². The van der Waals surface area contributed by atoms with Gasteiger partial charge in [-0.2, -0.15) is 0 Å². The number of carbonyl (C=O) groups excluding carboxylic acids is 1. The molecule has 0 aliphatic heterocycles. The Bertz CT molecular complexity index is 488. The molecule has 1 rings (SSSR count). The summed E-state index contributed by atoms with van der Waals surface area (Å²) in [5.41, 5.74) is 6.14. The van der Waals surface area contributed by atoms with Crippen LogP contribution in [0.1, 0.15) is 29.9 Å². The molecular weight excluding hydrogens is 248 g/mol. The molecule has 1 aromatic rings. The summed E-state index contributed by atoms with van der Waals surface area (Å²) < 4.78 is 0. The van der Waals surface area contributed by atoms with Crippen LogP contribution in [0.25, 0.3) is 0 Å². The lowest BCUT2D eigenvalue weighted by atomic mass is 10.1. The van der Waals surface area contributed by atoms with Crippen LogP contribution in [0, 0.1) is 12.8 Å². The number of rotatable bonds is 5. The Hall–Kier alpha value is -2.18. The zero-order chi connectivity index (χ0) is 14.6. The van der Waals surface area contributed by atoms with E-state index in [0.717, 1.165) is 0 Å². The SMILES string of the molecule is Cc1nc(N)ncc1C(=O)N(CC(=O)O)CC(C)C. The number of aliphatic carboxylic acids is 1. The van der Waals surface area contributed by atoms with Gasteiger partial charge in [0.1, 0.15) is 6.54 Å². The number of anilines is 1. The van der Waals surface area contributed by atoms with E-state index in [-0.39, 0.29) is 24.0 Å². The van der Waals surface area contributed by atoms with Gasteiger partial charge in [0.15, 0.2) is 0 Å². The summed E-state index contributed by atoms with van der Waals surface area (Å²) in [6.45, 7) is 5.47. The number of aryl methyl sites for hydroxylation is 1. The zero-order valence-electron chi connectivity index (χ0n) is 11.3. The van der Waals surface area contributed by atoms with E-state index in [1.807, 2.05) is 13.8 Å². The van der Waals surface area contributed by atoms with E-state index in [1.54, 1.807) is 6.92 Å². The molecule has 7 nitrogen and oxygen atoms in total. The minimum absolute atomic E-state index is 0.0858. The Kier molecular flexibility index (Phi) is 4.80. The fourth-order valence-corrected chi connectivity index (χ4v) is 1.69. The number of carboxylic acid groups (broad SMARTS) is 1. The minimum atomic E-state index is -1.05. The lowest BCUT2D eigenvalue weighted by Crippen LogP contribution is -2.38. The predicted molar refractivity (Wildman–Crippen MR) is 69.6 cm³/mol. The first-order chi connectivity index (χ1) is 8.81. The summed E-state index contributed by atoms with van der Waals surface area (Å²) in [7, 11) is 0. The molecular formula is C12H18N4O3. The quantitative estimate of drug-likeness (QED) is 0.805. The number of hydrogen-bond acceptors (Lipinski definition) is 5. The molecule has 0 unspecified atom stereocenters. The standard InChI is InChI=1S/C12H18N4O3/c1-7(2)5-16(6-10(17)18)11(19)9-4-14-12(13)15-8(9)3/h4,7H,5-6H2,1-3H3,(H,17,18)(H2,13,14,15). The molecule has 0 spiro atoms. The van der Waals surface area contributed by atoms with Crippen LogP contribution in [0.2, 0.25) is 0 Å². The van der Waals surface area contributed by atoms with Crippen molar-refractivity contribution in [3.63, 3.8) is 0 Å². The van der Waals surface area contributed by atoms with Gasteiger partial charge >= 0.3 is 5.97 Å². The van der Waals surface area contributed by atoms with E-state index < -0.39 is 11.9 Å². The van der Waals surface area contributed by atoms with E-state index >= 15 is 0 Å². The third kappa shape index (κ3) is 4.20. The highest BCUT2D eigenvalue weighted by atomic mass is 16.4. The summed E-state index contributed by atoms with van der Waals surface area (Å²) in [6.07, 6.45) is 1.33. The van der Waals surface area contributed by atoms with E-state index in [9.17, 15) is 9.59 Å². The molecule has 0 aromatic carbocycles. The third-order valence-corrected chi connectivity index (χ3v) is 2.43. The number of carboxylic acids is 1. The van der Waals surface area contributed by atoms with Crippen LogP contribution in [0.15, 0.2) is 6.20 Å². The number of nitrogen functional groups attached to an aromatic ring is 1. The molecule has 0 fully saturated rings. The van der Waals surface area contributed by atoms with Gasteiger partial charge in [-0.1, -0.05) is 13.8 Å². The van der Waals surface area contributed by atoms with E-state index in [1.165, 1.54) is 11.1 Å². The van der Waals surface area contributed by atoms with Crippen molar-refractivity contribution < 1.29 is 14.7 Å². The lowest BCUT2D eigenvalue weighted by molar-refractivity contribution is -0.137. The van der Waals surface area contributed by atoms with Crippen LogP contribution in [0.3, 0.4) is 0 Å². The average Bonchev–Trinajstić information content (AvgIpc) is 2.26. The van der Waals surface area contributed by atoms with Crippen LogP contribution in [0.4, 0.5) is 5.95 Å². The van der Waals surface area contributed by atoms with Crippen LogP contribution < -0.4 is 5.73 Å². The molecule has 1 amide bonds. The Balaban J connectivity index is 3.00. The topological polar surface area (TPSA) is 109 Å². The molecule has 0 saturated heterocycles. The molecule has 1 heterocycles. The molecule has 0 atom stereocenters. The zero-order valence-corrected chi connectivity index (χ0v) is 11.3. The maximum atomic E-state index is 12.3. The molecule has 7 heteroatoms. The largest absolute Gasteiger partial charge is 0.480 e. The van der Waals surface area contributed by atoms with Gasteiger partial charge in [0.05, 0.1) is 11.3 Å². The number of nitrogens with zero attached hydrogens (tertiary/aromatic N) is 3. The monoisotopic (exact) mass is 266 g/mol. The first-order valence-corrected chi connectivity index (χ1v) is 5.91. The van der Waals surface area contributed by atoms with Gasteiger partial charge in [-0.3, -0.25) is 9.59 Å². The minimum Gasteiger partial charge on any atom is -0.480 e. The average molecular weight is 266 g/mol. The van der Waals surface area contributed by atoms with Gasteiger partial charge in [-0.05, 0) is 12.8 Å². The van der Waals surface area contributed by atoms with Crippen molar-refractivity contribution in [2.45, 2.75) is 20.8 Å². The van der Waals surface area contributed by atoms with Crippen molar-refractivity contribution in [3.8, 4) is 0 Å². The van der Waals surface area contributed by atoms with Crippen LogP contribution in [-0.2, 0) is 4.79 Å². The summed E-state index contributed by atoms with van der Waals surface area (Å²) >= 11 is 0. The number of carbonyl (C=O) groups is 2. The Labute approximate surface area is 111 Å². The molecule has 0 aliphatic carbocycles. The second-order valence-corrected chi connectivity index (χ2v) is 4.70. The maximum Gasteiger partial charge on any atom is 0.323 e. The molecule has 0 saturated carbocycles. The highest BCUT2D eigenvalue weighted by Crippen LogP contribution is 2.10. The van der Waals surface area contributed by atoms with Crippen LogP contribution in [0.5, 0.6) is 0 Å². The van der Waals surface area contributed by atoms with Gasteiger partial charge in [0.2, 0.25) is 5.95 Å². The molecule has 0 radical (unpaired) electrons. The highest BCUT2D eigenvalue weighted by Gasteiger charge is 2.21. The van der Waals surface area contributed by atoms with Gasteiger partial charge in [0, 0.05) is 12.7 Å². The van der Waals surface area contributed by atoms with Crippen molar-refractivity contribution in [3.05, 3.63) is 17.5 Å². The van der Waals surface area contributed by atoms with Gasteiger partial charge in [0.25, 0.3) is 5.91 Å². The van der Waals surface area contributed by atoms with Crippen molar-refractivity contribution in [2.75, 3.05) is 18.8 Å². The Morgan fingerprint density at radius 1 is 1.47 bits per heavy atom. The number of amides is 1. The van der Waals surface area contributed by atoms with Crippen molar-refractivity contribution in [1.29, 1.82) is 0 Å². The first-order valence-electron chi connectivity index (χ1n) is 5.91. The van der Waals surface area contributed by atoms with Gasteiger partial charge in [-0.25, -0.2) is 9.97 Å². The third-order valence-electron chi connectivity index (χ3n) is 2.43. The molecule has 0 bridgehead atoms. The smallest absolute Gasteiger partial charge is 0.323 e. The van der Waals surface area contributed by atoms with Crippen molar-refractivity contribution >= 4 is 17.8 Å². The predicted octanol–water partition coefficient (Wildman–Crippen LogP) is 0.550. The maximum absolute atomic E-state index is 12.3. The summed E-state index contributed by atoms with van der Waals surface area (Å²) in [5.74, 6) is -1.20. The van der Waals surface area contributed by atoms with Crippen molar-refractivity contribution in [1.82, 2.24) is 14.9 Å². The van der Waals surface area contributed by atoms with E-state index in [0.29, 0.717) is 12.2 Å². The summed E-state index contributed by atoms with van der Waals surface area (Å²) in [4.78, 5) is 32.1. The van der Waals surface area contributed by atoms with Crippen LogP contribution in [-0.4, -0.2) is 44.9 Å². The van der Waals surface area contributed by atoms with Gasteiger partial charge in [-0.15, -0.1) is 0 Å².